The Hall–Kier alpha value is -2.99. The van der Waals surface area contributed by atoms with E-state index in [0.29, 0.717) is 12.8 Å². The highest BCUT2D eigenvalue weighted by Gasteiger charge is 2.52. The highest BCUT2D eigenvalue weighted by Crippen LogP contribution is 2.31. The Balaban J connectivity index is 3.11. The number of rotatable bonds is 36. The van der Waals surface area contributed by atoms with Crippen LogP contribution in [0.5, 0.6) is 0 Å². The van der Waals surface area contributed by atoms with Crippen molar-refractivity contribution in [3.8, 4) is 0 Å². The van der Waals surface area contributed by atoms with Gasteiger partial charge in [-0.05, 0) is 37.3 Å². The Kier molecular flexibility index (Phi) is 32.6. The molecule has 1 saturated heterocycles. The van der Waals surface area contributed by atoms with E-state index in [1.807, 2.05) is 6.08 Å². The second kappa shape index (κ2) is 35.6. The van der Waals surface area contributed by atoms with Gasteiger partial charge in [-0.2, -0.15) is 0 Å². The van der Waals surface area contributed by atoms with Gasteiger partial charge < -0.3 is 33.2 Å². The molecule has 0 aromatic heterocycles. The summed E-state index contributed by atoms with van der Waals surface area (Å²) in [6.07, 6.45) is 26.0. The fourth-order valence-corrected chi connectivity index (χ4v) is 7.75. The van der Waals surface area contributed by atoms with Crippen molar-refractivity contribution in [1.29, 1.82) is 0 Å². The average molecular weight is 853 g/mol. The predicted octanol–water partition coefficient (Wildman–Crippen LogP) is 11.1. The molecular formula is C48H84O12. The second-order valence-electron chi connectivity index (χ2n) is 16.7. The fraction of sp³-hybridized carbons (Fsp3) is 0.854. The first-order valence-corrected chi connectivity index (χ1v) is 23.7. The van der Waals surface area contributed by atoms with Crippen LogP contribution < -0.4 is 0 Å². The largest absolute Gasteiger partial charge is 0.463 e. The molecule has 1 aliphatic rings. The van der Waals surface area contributed by atoms with Crippen molar-refractivity contribution in [2.45, 2.75) is 252 Å². The van der Waals surface area contributed by atoms with Gasteiger partial charge in [0.15, 0.2) is 24.6 Å². The minimum absolute atomic E-state index is 0.0297. The topological polar surface area (TPSA) is 150 Å². The molecule has 12 heteroatoms. The van der Waals surface area contributed by atoms with E-state index in [4.69, 9.17) is 33.2 Å². The van der Waals surface area contributed by atoms with Gasteiger partial charge in [-0.25, -0.2) is 0 Å². The summed E-state index contributed by atoms with van der Waals surface area (Å²) in [4.78, 5) is 61.0. The molecule has 0 spiro atoms. The maximum atomic E-state index is 12.4. The van der Waals surface area contributed by atoms with Crippen LogP contribution in [0.2, 0.25) is 0 Å². The van der Waals surface area contributed by atoms with Gasteiger partial charge in [0.25, 0.3) is 0 Å². The molecule has 60 heavy (non-hydrogen) atoms. The van der Waals surface area contributed by atoms with Gasteiger partial charge in [0.2, 0.25) is 0 Å². The Morgan fingerprint density at radius 3 is 1.35 bits per heavy atom. The van der Waals surface area contributed by atoms with Gasteiger partial charge in [0, 0.05) is 34.6 Å². The van der Waals surface area contributed by atoms with E-state index in [-0.39, 0.29) is 19.2 Å². The SMILES string of the molecule is CCCCCCCCCCCCCC/C(=C/[C@H](CCCCCCCCCCCCCC)OC(C)=O)CO[C@H]1O[C@H](COC(C)=O)[C@H](OC(C)=O)[C@H](OC(C)=O)[C@@H]1OC(C)=O. The molecule has 6 atom stereocenters. The zero-order valence-electron chi connectivity index (χ0n) is 38.7. The highest BCUT2D eigenvalue weighted by molar-refractivity contribution is 5.69. The summed E-state index contributed by atoms with van der Waals surface area (Å²) in [7, 11) is 0. The lowest BCUT2D eigenvalue weighted by molar-refractivity contribution is -0.306. The molecule has 0 N–H and O–H groups in total. The monoisotopic (exact) mass is 853 g/mol. The lowest BCUT2D eigenvalue weighted by Gasteiger charge is -2.44. The van der Waals surface area contributed by atoms with Crippen molar-refractivity contribution >= 4 is 29.8 Å². The number of carbonyl (C=O) groups excluding carboxylic acids is 5. The zero-order chi connectivity index (χ0) is 44.4. The van der Waals surface area contributed by atoms with Crippen molar-refractivity contribution in [1.82, 2.24) is 0 Å². The maximum Gasteiger partial charge on any atom is 0.303 e. The van der Waals surface area contributed by atoms with Crippen LogP contribution in [0.4, 0.5) is 0 Å². The Morgan fingerprint density at radius 2 is 0.917 bits per heavy atom. The van der Waals surface area contributed by atoms with Crippen molar-refractivity contribution in [3.63, 3.8) is 0 Å². The van der Waals surface area contributed by atoms with E-state index in [9.17, 15) is 24.0 Å². The standard InChI is InChI=1S/C48H84O12/c1-8-10-12-14-16-18-20-22-24-26-28-30-32-42(34-43(56-38(4)50)33-31-29-27-25-23-21-19-17-15-13-11-9-2)35-55-48-47(59-41(7)53)46(58-40(6)52)45(57-39(5)51)44(60-48)36-54-37(3)49/h34,43-48H,8-33,35-36H2,1-7H3/b42-34-/t43-,44+,45-,46-,47-,48-/m0/s1. The summed E-state index contributed by atoms with van der Waals surface area (Å²) < 4.78 is 40.3. The van der Waals surface area contributed by atoms with Crippen molar-refractivity contribution in [3.05, 3.63) is 11.6 Å². The van der Waals surface area contributed by atoms with E-state index >= 15 is 0 Å². The van der Waals surface area contributed by atoms with E-state index in [2.05, 4.69) is 13.8 Å². The molecule has 1 aliphatic heterocycles. The van der Waals surface area contributed by atoms with E-state index in [1.54, 1.807) is 0 Å². The number of unbranched alkanes of at least 4 members (excludes halogenated alkanes) is 22. The van der Waals surface area contributed by atoms with Gasteiger partial charge in [-0.3, -0.25) is 24.0 Å². The number of esters is 5. The second-order valence-corrected chi connectivity index (χ2v) is 16.7. The number of carbonyl (C=O) groups is 5. The summed E-state index contributed by atoms with van der Waals surface area (Å²) in [5.74, 6) is -3.07. The first-order valence-electron chi connectivity index (χ1n) is 23.7. The molecule has 348 valence electrons. The van der Waals surface area contributed by atoms with Crippen molar-refractivity contribution in [2.24, 2.45) is 0 Å². The molecule has 12 nitrogen and oxygen atoms in total. The highest BCUT2D eigenvalue weighted by atomic mass is 16.7. The van der Waals surface area contributed by atoms with Gasteiger partial charge in [-0.1, -0.05) is 155 Å². The number of hydrogen-bond acceptors (Lipinski definition) is 12. The molecule has 0 bridgehead atoms. The molecule has 0 amide bonds. The summed E-state index contributed by atoms with van der Waals surface area (Å²) in [5.41, 5.74) is 0.889. The molecular weight excluding hydrogens is 769 g/mol. The van der Waals surface area contributed by atoms with Crippen molar-refractivity contribution < 1.29 is 57.1 Å². The van der Waals surface area contributed by atoms with Crippen LogP contribution in [-0.4, -0.2) is 79.9 Å². The molecule has 0 aliphatic carbocycles. The van der Waals surface area contributed by atoms with E-state index in [1.165, 1.54) is 150 Å². The first-order chi connectivity index (χ1) is 28.9. The molecule has 0 unspecified atom stereocenters. The van der Waals surface area contributed by atoms with Crippen LogP contribution in [0.1, 0.15) is 215 Å². The van der Waals surface area contributed by atoms with Crippen molar-refractivity contribution in [2.75, 3.05) is 13.2 Å². The quantitative estimate of drug-likeness (QED) is 0.0255. The van der Waals surface area contributed by atoms with E-state index < -0.39 is 60.7 Å². The minimum atomic E-state index is -1.32. The summed E-state index contributed by atoms with van der Waals surface area (Å²) in [5, 5.41) is 0. The average Bonchev–Trinajstić information content (AvgIpc) is 3.18. The lowest BCUT2D eigenvalue weighted by Crippen LogP contribution is -2.63. The van der Waals surface area contributed by atoms with Gasteiger partial charge >= 0.3 is 29.8 Å². The van der Waals surface area contributed by atoms with Crippen LogP contribution >= 0.6 is 0 Å². The van der Waals surface area contributed by atoms with Crippen LogP contribution in [0.3, 0.4) is 0 Å². The molecule has 0 aromatic rings. The van der Waals surface area contributed by atoms with Crippen LogP contribution in [0, 0.1) is 0 Å². The minimum Gasteiger partial charge on any atom is -0.463 e. The van der Waals surface area contributed by atoms with E-state index in [0.717, 1.165) is 44.1 Å². The molecule has 0 aromatic carbocycles. The summed E-state index contributed by atoms with van der Waals surface area (Å²) in [6.45, 7) is 10.4. The van der Waals surface area contributed by atoms with Gasteiger partial charge in [-0.15, -0.1) is 0 Å². The zero-order valence-corrected chi connectivity index (χ0v) is 38.7. The third kappa shape index (κ3) is 28.5. The maximum absolute atomic E-state index is 12.4. The van der Waals surface area contributed by atoms with Crippen LogP contribution in [-0.2, 0) is 57.1 Å². The third-order valence-electron chi connectivity index (χ3n) is 10.8. The molecule has 0 radical (unpaired) electrons. The van der Waals surface area contributed by atoms with Crippen LogP contribution in [0.15, 0.2) is 11.6 Å². The van der Waals surface area contributed by atoms with Gasteiger partial charge in [0.05, 0.1) is 6.61 Å². The molecule has 1 fully saturated rings. The molecule has 1 rings (SSSR count). The smallest absolute Gasteiger partial charge is 0.303 e. The summed E-state index contributed by atoms with van der Waals surface area (Å²) in [6, 6.07) is 0. The van der Waals surface area contributed by atoms with Crippen LogP contribution in [0.25, 0.3) is 0 Å². The Labute approximate surface area is 363 Å². The molecule has 1 heterocycles. The normalized spacial score (nSPS) is 19.6. The fourth-order valence-electron chi connectivity index (χ4n) is 7.75. The summed E-state index contributed by atoms with van der Waals surface area (Å²) >= 11 is 0. The Morgan fingerprint density at radius 1 is 0.500 bits per heavy atom. The predicted molar refractivity (Wildman–Crippen MR) is 233 cm³/mol. The van der Waals surface area contributed by atoms with Gasteiger partial charge in [0.1, 0.15) is 18.8 Å². The third-order valence-corrected chi connectivity index (χ3v) is 10.8. The lowest BCUT2D eigenvalue weighted by atomic mass is 9.98. The number of ether oxygens (including phenoxy) is 7. The molecule has 0 saturated carbocycles. The first kappa shape index (κ1) is 55.0. The number of hydrogen-bond donors (Lipinski definition) is 0. The Bertz CT molecular complexity index is 1200.